The van der Waals surface area contributed by atoms with Crippen molar-refractivity contribution in [2.24, 2.45) is 0 Å². The summed E-state index contributed by atoms with van der Waals surface area (Å²) in [4.78, 5) is 11.4. The van der Waals surface area contributed by atoms with Gasteiger partial charge >= 0.3 is 94.6 Å². The second-order valence-corrected chi connectivity index (χ2v) is 13.3. The standard InChI is InChI=1S/C20H10Br4O10S2.3Na.4H2O.3H/c21-15-13-14(16(22)18(24)17(15)23)20(34-19(13)27,7-1-3-9(25)11(5-7)35(28,29)30)8-2-4-10(26)12(6-8)36(31,32)33;;;;;;;;;;/h1-6,25-26H,(H,28,29,30)(H,31,32,33);;;;4*1H2;;;/q;3*+1;;;;;3*-1. The molecule has 12 N–H and O–H groups in total. The van der Waals surface area contributed by atoms with E-state index in [0.717, 1.165) is 24.3 Å². The van der Waals surface area contributed by atoms with Gasteiger partial charge in [-0.2, -0.15) is 16.8 Å². The number of ether oxygens (including phenoxy) is 1. The summed E-state index contributed by atoms with van der Waals surface area (Å²) in [5, 5.41) is 20.1. The van der Waals surface area contributed by atoms with Crippen LogP contribution in [0.3, 0.4) is 0 Å². The molecule has 1 aliphatic heterocycles. The van der Waals surface area contributed by atoms with Gasteiger partial charge < -0.3 is 41.1 Å². The van der Waals surface area contributed by atoms with Gasteiger partial charge in [-0.25, -0.2) is 4.79 Å². The molecule has 43 heavy (non-hydrogen) atoms. The van der Waals surface area contributed by atoms with Gasteiger partial charge in [-0.3, -0.25) is 9.11 Å². The van der Waals surface area contributed by atoms with Crippen LogP contribution >= 0.6 is 63.7 Å². The molecule has 23 heteroatoms. The van der Waals surface area contributed by atoms with Gasteiger partial charge in [0.15, 0.2) is 5.60 Å². The van der Waals surface area contributed by atoms with E-state index < -0.39 is 53.1 Å². The Morgan fingerprint density at radius 3 is 1.35 bits per heavy atom. The van der Waals surface area contributed by atoms with Crippen LogP contribution in [0.5, 0.6) is 11.5 Å². The summed E-state index contributed by atoms with van der Waals surface area (Å²) >= 11 is 13.4. The number of aromatic hydroxyl groups is 2. The topological polar surface area (TPSA) is 301 Å². The number of carbonyl (C=O) groups excluding carboxylic acids is 1. The number of carbonyl (C=O) groups is 1. The van der Waals surface area contributed by atoms with E-state index >= 15 is 0 Å². The zero-order valence-corrected chi connectivity index (χ0v) is 36.0. The van der Waals surface area contributed by atoms with Gasteiger partial charge in [-0.05, 0) is 88.0 Å². The molecule has 0 amide bonds. The van der Waals surface area contributed by atoms with Gasteiger partial charge in [-0.15, -0.1) is 0 Å². The Morgan fingerprint density at radius 1 is 0.651 bits per heavy atom. The van der Waals surface area contributed by atoms with Crippen LogP contribution in [0, 0.1) is 0 Å². The molecule has 0 bridgehead atoms. The summed E-state index contributed by atoms with van der Waals surface area (Å²) < 4.78 is 74.1. The first kappa shape index (κ1) is 51.2. The fourth-order valence-electron chi connectivity index (χ4n) is 3.85. The van der Waals surface area contributed by atoms with Crippen molar-refractivity contribution in [2.75, 3.05) is 0 Å². The Kier molecular flexibility index (Phi) is 21.6. The number of halogens is 4. The van der Waals surface area contributed by atoms with Gasteiger partial charge in [0.2, 0.25) is 0 Å². The predicted molar refractivity (Wildman–Crippen MR) is 156 cm³/mol. The first-order valence-corrected chi connectivity index (χ1v) is 15.3. The fourth-order valence-corrected chi connectivity index (χ4v) is 7.62. The first-order chi connectivity index (χ1) is 16.5. The Hall–Kier alpha value is 1.31. The van der Waals surface area contributed by atoms with Crippen molar-refractivity contribution >= 4 is 89.9 Å². The van der Waals surface area contributed by atoms with Crippen molar-refractivity contribution in [3.63, 3.8) is 0 Å². The number of phenolic OH excluding ortho intramolecular Hbond substituents is 2. The summed E-state index contributed by atoms with van der Waals surface area (Å²) in [7, 11) is -9.92. The third kappa shape index (κ3) is 9.06. The maximum absolute atomic E-state index is 13.2. The van der Waals surface area contributed by atoms with E-state index in [0.29, 0.717) is 8.95 Å². The molecule has 0 fully saturated rings. The summed E-state index contributed by atoms with van der Waals surface area (Å²) in [5.41, 5.74) is -2.31. The molecule has 14 nitrogen and oxygen atoms in total. The largest absolute Gasteiger partial charge is 1.00 e. The van der Waals surface area contributed by atoms with Gasteiger partial charge in [0.1, 0.15) is 21.3 Å². The minimum atomic E-state index is -4.96. The molecule has 0 radical (unpaired) electrons. The normalized spacial score (nSPS) is 12.6. The average molecular weight is 938 g/mol. The molecule has 0 atom stereocenters. The number of esters is 1. The van der Waals surface area contributed by atoms with E-state index in [1.807, 2.05) is 0 Å². The molecule has 228 valence electrons. The van der Waals surface area contributed by atoms with Crippen LogP contribution in [0.15, 0.2) is 64.1 Å². The minimum Gasteiger partial charge on any atom is -1.00 e. The molecular weight excluding hydrogens is 917 g/mol. The Balaban J connectivity index is -0.000000304. The maximum Gasteiger partial charge on any atom is 1.00 e. The van der Waals surface area contributed by atoms with E-state index in [1.54, 1.807) is 0 Å². The molecule has 1 aliphatic rings. The van der Waals surface area contributed by atoms with Gasteiger partial charge in [0, 0.05) is 34.6 Å². The molecule has 4 rings (SSSR count). The van der Waals surface area contributed by atoms with Crippen LogP contribution < -0.4 is 88.7 Å². The van der Waals surface area contributed by atoms with E-state index in [9.17, 15) is 40.9 Å². The third-order valence-corrected chi connectivity index (χ3v) is 11.9. The molecule has 0 aromatic heterocycles. The van der Waals surface area contributed by atoms with Gasteiger partial charge in [0.05, 0.1) is 5.56 Å². The Morgan fingerprint density at radius 2 is 1.00 bits per heavy atom. The number of cyclic esters (lactones) is 1. The zero-order valence-electron chi connectivity index (χ0n) is 25.0. The number of fused-ring (bicyclic) bond motifs is 1. The molecule has 3 aromatic rings. The Bertz CT molecular complexity index is 1660. The molecule has 0 saturated carbocycles. The number of rotatable bonds is 4. The average Bonchev–Trinajstić information content (AvgIpc) is 3.09. The second-order valence-electron chi connectivity index (χ2n) is 7.39. The molecule has 0 spiro atoms. The van der Waals surface area contributed by atoms with Crippen molar-refractivity contribution in [3.05, 3.63) is 76.5 Å². The van der Waals surface area contributed by atoms with Crippen LogP contribution in [-0.2, 0) is 30.6 Å². The van der Waals surface area contributed by atoms with Crippen molar-refractivity contribution in [3.8, 4) is 11.5 Å². The molecular formula is C20H21Br4Na3O14S2. The van der Waals surface area contributed by atoms with Gasteiger partial charge in [-0.1, -0.05) is 12.1 Å². The second kappa shape index (κ2) is 18.2. The van der Waals surface area contributed by atoms with Crippen LogP contribution in [0.25, 0.3) is 0 Å². The SMILES string of the molecule is O.O.O.O.O=C1OC(c2ccc(O)c(S(=O)(=O)O)c2)(c2ccc(O)c(S(=O)(=O)O)c2)c2c(Br)c(Br)c(Br)c(Br)c21.[H-].[H-].[H-].[Na+].[Na+].[Na+]. The maximum atomic E-state index is 13.2. The quantitative estimate of drug-likeness (QED) is 0.0630. The summed E-state index contributed by atoms with van der Waals surface area (Å²) in [6, 6.07) is 5.97. The Labute approximate surface area is 348 Å². The molecule has 1 heterocycles. The molecule has 0 unspecified atom stereocenters. The molecule has 0 saturated heterocycles. The number of benzene rings is 3. The molecule has 0 aliphatic carbocycles. The molecule has 3 aromatic carbocycles. The fraction of sp³-hybridized carbons (Fsp3) is 0.0500. The van der Waals surface area contributed by atoms with Crippen molar-refractivity contribution in [1.82, 2.24) is 0 Å². The van der Waals surface area contributed by atoms with Crippen LogP contribution in [-0.4, -0.2) is 64.0 Å². The predicted octanol–water partition coefficient (Wildman–Crippen LogP) is -6.85. The zero-order chi connectivity index (χ0) is 27.0. The monoisotopic (exact) mass is 934 g/mol. The number of hydrogen-bond acceptors (Lipinski definition) is 8. The minimum absolute atomic E-state index is 0. The van der Waals surface area contributed by atoms with Crippen molar-refractivity contribution in [2.45, 2.75) is 15.4 Å². The van der Waals surface area contributed by atoms with Crippen molar-refractivity contribution in [1.29, 1.82) is 0 Å². The van der Waals surface area contributed by atoms with E-state index in [-0.39, 0.29) is 146 Å². The number of phenols is 2. The number of hydrogen-bond donors (Lipinski definition) is 4. The third-order valence-electron chi connectivity index (χ3n) is 5.36. The smallest absolute Gasteiger partial charge is 1.00 e. The van der Waals surface area contributed by atoms with E-state index in [1.165, 1.54) is 12.1 Å². The summed E-state index contributed by atoms with van der Waals surface area (Å²) in [6.07, 6.45) is 0. The van der Waals surface area contributed by atoms with Crippen LogP contribution in [0.2, 0.25) is 0 Å². The van der Waals surface area contributed by atoms with Crippen LogP contribution in [0.1, 0.15) is 31.3 Å². The van der Waals surface area contributed by atoms with Crippen LogP contribution in [0.4, 0.5) is 0 Å². The van der Waals surface area contributed by atoms with E-state index in [4.69, 9.17) is 4.74 Å². The summed E-state index contributed by atoms with van der Waals surface area (Å²) in [5.74, 6) is -2.52. The van der Waals surface area contributed by atoms with Gasteiger partial charge in [0.25, 0.3) is 20.2 Å². The first-order valence-electron chi connectivity index (χ1n) is 9.23. The van der Waals surface area contributed by atoms with Crippen molar-refractivity contribution < 1.29 is 161 Å². The summed E-state index contributed by atoms with van der Waals surface area (Å²) in [6.45, 7) is 0. The van der Waals surface area contributed by atoms with E-state index in [2.05, 4.69) is 63.7 Å².